The predicted octanol–water partition coefficient (Wildman–Crippen LogP) is -0.0951. The minimum atomic E-state index is 1.79. The number of hydrogen-bond acceptors (Lipinski definition) is 2. The van der Waals surface area contributed by atoms with Gasteiger partial charge in [-0.25, -0.2) is 0 Å². The SMILES string of the molecule is N=[C]NS. The monoisotopic (exact) mass is 75.0 g/mol. The predicted molar refractivity (Wildman–Crippen MR) is 19.8 cm³/mol. The first kappa shape index (κ1) is 3.82. The van der Waals surface area contributed by atoms with Crippen LogP contribution in [-0.4, -0.2) is 6.34 Å². The van der Waals surface area contributed by atoms with Gasteiger partial charge in [0.25, 0.3) is 0 Å². The molecule has 0 aliphatic rings. The van der Waals surface area contributed by atoms with Crippen molar-refractivity contribution in [2.45, 2.75) is 0 Å². The zero-order chi connectivity index (χ0) is 3.41. The zero-order valence-electron chi connectivity index (χ0n) is 1.95. The van der Waals surface area contributed by atoms with E-state index in [1.54, 1.807) is 6.34 Å². The van der Waals surface area contributed by atoms with E-state index < -0.39 is 0 Å². The molecule has 0 spiro atoms. The van der Waals surface area contributed by atoms with Crippen LogP contribution in [0.2, 0.25) is 0 Å². The molecule has 0 unspecified atom stereocenters. The molecule has 0 rings (SSSR count). The summed E-state index contributed by atoms with van der Waals surface area (Å²) in [5.41, 5.74) is 0. The minimum absolute atomic E-state index is 1.79. The Labute approximate surface area is 30.3 Å². The molecule has 0 saturated carbocycles. The summed E-state index contributed by atoms with van der Waals surface area (Å²) in [7, 11) is 0. The van der Waals surface area contributed by atoms with Crippen LogP contribution in [0.4, 0.5) is 0 Å². The summed E-state index contributed by atoms with van der Waals surface area (Å²) in [6.07, 6.45) is 1.79. The molecular weight excluding hydrogens is 72.1 g/mol. The zero-order valence-corrected chi connectivity index (χ0v) is 2.84. The normalized spacial score (nSPS) is 5.25. The molecule has 0 fully saturated rings. The Morgan fingerprint density at radius 1 is 2.00 bits per heavy atom. The molecule has 1 radical (unpaired) electrons. The van der Waals surface area contributed by atoms with Crippen molar-refractivity contribution in [1.82, 2.24) is 4.72 Å². The fourth-order valence-corrected chi connectivity index (χ4v) is 0. The molecule has 0 aromatic carbocycles. The molecule has 0 aliphatic heterocycles. The van der Waals surface area contributed by atoms with Crippen molar-refractivity contribution in [3.05, 3.63) is 0 Å². The molecule has 0 atom stereocenters. The summed E-state index contributed by atoms with van der Waals surface area (Å²) in [6.45, 7) is 0. The van der Waals surface area contributed by atoms with Crippen LogP contribution in [0, 0.1) is 5.41 Å². The van der Waals surface area contributed by atoms with Crippen molar-refractivity contribution in [1.29, 1.82) is 5.41 Å². The molecule has 0 aromatic rings. The summed E-state index contributed by atoms with van der Waals surface area (Å²) in [5.74, 6) is 0. The summed E-state index contributed by atoms with van der Waals surface area (Å²) < 4.78 is 2.04. The van der Waals surface area contributed by atoms with E-state index in [-0.39, 0.29) is 0 Å². The first-order valence-electron chi connectivity index (χ1n) is 0.724. The second-order valence-electron chi connectivity index (χ2n) is 0.237. The van der Waals surface area contributed by atoms with E-state index in [4.69, 9.17) is 5.41 Å². The van der Waals surface area contributed by atoms with Crippen molar-refractivity contribution in [2.75, 3.05) is 0 Å². The molecule has 4 heavy (non-hydrogen) atoms. The van der Waals surface area contributed by atoms with Crippen LogP contribution in [0.5, 0.6) is 0 Å². The molecule has 0 aromatic heterocycles. The van der Waals surface area contributed by atoms with Crippen LogP contribution in [0.15, 0.2) is 0 Å². The topological polar surface area (TPSA) is 35.9 Å². The maximum atomic E-state index is 6.01. The highest BCUT2D eigenvalue weighted by atomic mass is 32.1. The Morgan fingerprint density at radius 3 is 2.25 bits per heavy atom. The highest BCUT2D eigenvalue weighted by Gasteiger charge is 1.42. The fourth-order valence-electron chi connectivity index (χ4n) is 0. The quantitative estimate of drug-likeness (QED) is 0.173. The average Bonchev–Trinajstić information content (AvgIpc) is 1.37. The molecule has 2 N–H and O–H groups in total. The van der Waals surface area contributed by atoms with E-state index in [2.05, 4.69) is 12.8 Å². The van der Waals surface area contributed by atoms with Gasteiger partial charge < -0.3 is 4.72 Å². The largest absolute Gasteiger partial charge is 0.314 e. The van der Waals surface area contributed by atoms with Gasteiger partial charge in [-0.1, -0.05) is 12.8 Å². The van der Waals surface area contributed by atoms with Gasteiger partial charge >= 0.3 is 0 Å². The van der Waals surface area contributed by atoms with Gasteiger partial charge in [-0.15, -0.1) is 0 Å². The molecular formula is CH3N2S. The lowest BCUT2D eigenvalue weighted by atomic mass is 11.4. The Hall–Kier alpha value is -0.180. The van der Waals surface area contributed by atoms with Gasteiger partial charge in [0.05, 0.1) is 0 Å². The van der Waals surface area contributed by atoms with Crippen molar-refractivity contribution < 1.29 is 0 Å². The Bertz CT molecular complexity index is 20.0. The maximum absolute atomic E-state index is 6.01. The van der Waals surface area contributed by atoms with Gasteiger partial charge in [0, 0.05) is 0 Å². The summed E-state index contributed by atoms with van der Waals surface area (Å²) in [6, 6.07) is 0. The van der Waals surface area contributed by atoms with Crippen LogP contribution in [0.25, 0.3) is 0 Å². The molecule has 2 nitrogen and oxygen atoms in total. The van der Waals surface area contributed by atoms with Gasteiger partial charge in [-0.05, 0) is 0 Å². The van der Waals surface area contributed by atoms with E-state index in [9.17, 15) is 0 Å². The fraction of sp³-hybridized carbons (Fsp3) is 0. The maximum Gasteiger partial charge on any atom is 0.171 e. The first-order valence-corrected chi connectivity index (χ1v) is 1.17. The lowest BCUT2D eigenvalue weighted by molar-refractivity contribution is 1.47. The number of hydrogen-bond donors (Lipinski definition) is 3. The molecule has 0 bridgehead atoms. The van der Waals surface area contributed by atoms with Crippen LogP contribution < -0.4 is 4.72 Å². The third-order valence-corrected chi connectivity index (χ3v) is 0.168. The highest BCUT2D eigenvalue weighted by molar-refractivity contribution is 7.78. The smallest absolute Gasteiger partial charge is 0.171 e. The van der Waals surface area contributed by atoms with E-state index in [0.717, 1.165) is 0 Å². The van der Waals surface area contributed by atoms with Crippen LogP contribution in [-0.2, 0) is 0 Å². The lowest BCUT2D eigenvalue weighted by Gasteiger charge is -1.64. The minimum Gasteiger partial charge on any atom is -0.314 e. The summed E-state index contributed by atoms with van der Waals surface area (Å²) in [5, 5.41) is 6.01. The van der Waals surface area contributed by atoms with Crippen molar-refractivity contribution in [3.8, 4) is 0 Å². The molecule has 0 amide bonds. The third-order valence-electron chi connectivity index (χ3n) is 0.0559. The summed E-state index contributed by atoms with van der Waals surface area (Å²) >= 11 is 3.37. The van der Waals surface area contributed by atoms with Gasteiger partial charge in [0.2, 0.25) is 0 Å². The van der Waals surface area contributed by atoms with Crippen molar-refractivity contribution >= 4 is 19.2 Å². The van der Waals surface area contributed by atoms with Crippen LogP contribution >= 0.6 is 12.8 Å². The average molecular weight is 75.1 g/mol. The Balaban J connectivity index is 2.30. The Kier molecular flexibility index (Phi) is 2.69. The molecule has 0 aliphatic carbocycles. The number of thiol groups is 1. The first-order chi connectivity index (χ1) is 1.91. The molecule has 3 heteroatoms. The van der Waals surface area contributed by atoms with Crippen LogP contribution in [0.1, 0.15) is 0 Å². The summed E-state index contributed by atoms with van der Waals surface area (Å²) in [4.78, 5) is 0. The second-order valence-corrected chi connectivity index (χ2v) is 0.460. The van der Waals surface area contributed by atoms with Gasteiger partial charge in [0.1, 0.15) is 0 Å². The molecule has 23 valence electrons. The molecule has 0 saturated heterocycles. The van der Waals surface area contributed by atoms with Gasteiger partial charge in [-0.3, -0.25) is 5.41 Å². The van der Waals surface area contributed by atoms with E-state index in [1.807, 2.05) is 4.72 Å². The van der Waals surface area contributed by atoms with Gasteiger partial charge in [-0.2, -0.15) is 0 Å². The lowest BCUT2D eigenvalue weighted by Crippen LogP contribution is -1.86. The molecule has 0 heterocycles. The highest BCUT2D eigenvalue weighted by Crippen LogP contribution is 1.40. The van der Waals surface area contributed by atoms with Gasteiger partial charge in [0.15, 0.2) is 6.34 Å². The van der Waals surface area contributed by atoms with Crippen molar-refractivity contribution in [2.24, 2.45) is 0 Å². The van der Waals surface area contributed by atoms with E-state index in [1.165, 1.54) is 0 Å². The van der Waals surface area contributed by atoms with E-state index in [0.29, 0.717) is 0 Å². The number of nitrogens with one attached hydrogen (secondary N) is 2. The standard InChI is InChI=1S/CH3N2S/c2-1-3-4/h4H,(H2,2,3). The third kappa shape index (κ3) is 1.82. The van der Waals surface area contributed by atoms with Crippen LogP contribution in [0.3, 0.4) is 0 Å². The van der Waals surface area contributed by atoms with E-state index >= 15 is 0 Å². The number of rotatable bonds is 1. The van der Waals surface area contributed by atoms with Crippen molar-refractivity contribution in [3.63, 3.8) is 0 Å². The Morgan fingerprint density at radius 2 is 2.25 bits per heavy atom. The second kappa shape index (κ2) is 2.82.